The number of nitrogen functional groups attached to an aromatic ring is 2. The average molecular weight is 969 g/mol. The summed E-state index contributed by atoms with van der Waals surface area (Å²) in [5.74, 6) is -1.10. The lowest BCUT2D eigenvalue weighted by molar-refractivity contribution is 0.0696. The van der Waals surface area contributed by atoms with Gasteiger partial charge in [0.2, 0.25) is 0 Å². The maximum atomic E-state index is 14.4. The Morgan fingerprint density at radius 3 is 1.57 bits per heavy atom. The second kappa shape index (κ2) is 24.5. The molecule has 2 aromatic carbocycles. The van der Waals surface area contributed by atoms with Crippen LogP contribution in [0.2, 0.25) is 10.0 Å². The van der Waals surface area contributed by atoms with Gasteiger partial charge in [-0.25, -0.2) is 23.5 Å². The van der Waals surface area contributed by atoms with Crippen LogP contribution in [0.5, 0.6) is 0 Å². The third kappa shape index (κ3) is 14.1. The minimum Gasteiger partial charge on any atom is -0.478 e. The zero-order valence-electron chi connectivity index (χ0n) is 37.8. The topological polar surface area (TPSA) is 222 Å². The molecule has 0 saturated carbocycles. The van der Waals surface area contributed by atoms with Crippen molar-refractivity contribution in [1.29, 1.82) is 0 Å². The van der Waals surface area contributed by atoms with E-state index in [-0.39, 0.29) is 29.9 Å². The number of aromatic nitrogens is 6. The number of nitrogens with two attached hydrogens (primary N) is 3. The minimum absolute atomic E-state index is 0. The maximum Gasteiger partial charge on any atom is 0.335 e. The average Bonchev–Trinajstić information content (AvgIpc) is 3.26. The number of hydrogen-bond acceptors (Lipinski definition) is 11. The number of hydrogen-bond donors (Lipinski definition) is 5. The standard InChI is InChI=1S/C24H21ClFN5O.C16H10ClFN2O2.C8H13N3.CH3F.CH4/c1-13-5-22(27)31-14(2)20(13)12-30-24(32)16-3-4-28-19(10-16)7-15-6-17-9-18(25)11-29-23(17)21(26)8-15;17-12-6-11-3-9(5-14(18)15(11)20-8-12)4-13-7-10(16(21)22)1-2-19-13;1-5-3-8(10)11-6(2)7(5)4-9;1-2;/h3-6,8-11H,7,12H2,1-2H3,(H2,27,31)(H,30,32);1-3,5-8H,4H2,(H,21,22);3H,4,9H2,1-2H3,(H2,10,11);1H3;1H4/i;;;1D;. The van der Waals surface area contributed by atoms with Crippen LogP contribution in [0.3, 0.4) is 0 Å². The van der Waals surface area contributed by atoms with Crippen molar-refractivity contribution in [2.45, 2.75) is 61.1 Å². The van der Waals surface area contributed by atoms with E-state index in [9.17, 15) is 22.8 Å². The SMILES string of the molecule is C.Cc1cc(N)nc(C)c1CN.Cc1cc(N)nc(C)c1CNC(=O)c1ccnc(Cc2cc(F)c3ncc(Cl)cc3c2)c1.O=C(O)c1ccnc(Cc2cc(F)c3ncc(Cl)cc3c2)c1.[2H]CF. The van der Waals surface area contributed by atoms with Gasteiger partial charge < -0.3 is 27.6 Å². The number of alkyl halides is 1. The summed E-state index contributed by atoms with van der Waals surface area (Å²) < 4.78 is 44.0. The second-order valence-corrected chi connectivity index (χ2v) is 16.0. The van der Waals surface area contributed by atoms with Gasteiger partial charge in [0.1, 0.15) is 34.3 Å². The molecule has 0 saturated heterocycles. The van der Waals surface area contributed by atoms with E-state index in [1.54, 1.807) is 42.6 Å². The number of aromatic carboxylic acids is 1. The lowest BCUT2D eigenvalue weighted by Crippen LogP contribution is -2.24. The zero-order valence-corrected chi connectivity index (χ0v) is 38.4. The van der Waals surface area contributed by atoms with Crippen molar-refractivity contribution < 1.29 is 29.2 Å². The van der Waals surface area contributed by atoms with E-state index >= 15 is 0 Å². The van der Waals surface area contributed by atoms with E-state index in [0.717, 1.165) is 33.6 Å². The van der Waals surface area contributed by atoms with E-state index in [1.807, 2.05) is 39.8 Å². The Morgan fingerprint density at radius 1 is 0.691 bits per heavy atom. The molecule has 8 N–H and O–H groups in total. The van der Waals surface area contributed by atoms with E-state index in [4.69, 9.17) is 46.9 Å². The minimum atomic E-state index is -1.02. The number of carbonyl (C=O) groups is 2. The van der Waals surface area contributed by atoms with Gasteiger partial charge >= 0.3 is 5.97 Å². The van der Waals surface area contributed by atoms with Crippen molar-refractivity contribution in [3.8, 4) is 0 Å². The van der Waals surface area contributed by atoms with Crippen LogP contribution in [0.1, 0.15) is 85.7 Å². The Labute approximate surface area is 403 Å². The molecule has 0 aliphatic heterocycles. The summed E-state index contributed by atoms with van der Waals surface area (Å²) in [5, 5.41) is 14.0. The monoisotopic (exact) mass is 967 g/mol. The Hall–Kier alpha value is -7.27. The Morgan fingerprint density at radius 2 is 1.13 bits per heavy atom. The highest BCUT2D eigenvalue weighted by Gasteiger charge is 2.13. The van der Waals surface area contributed by atoms with Crippen molar-refractivity contribution in [3.63, 3.8) is 0 Å². The van der Waals surface area contributed by atoms with Crippen molar-refractivity contribution in [3.05, 3.63) is 187 Å². The number of anilines is 2. The molecule has 8 rings (SSSR count). The van der Waals surface area contributed by atoms with Crippen LogP contribution < -0.4 is 22.5 Å². The molecule has 354 valence electrons. The van der Waals surface area contributed by atoms with Crippen LogP contribution >= 0.6 is 23.2 Å². The summed E-state index contributed by atoms with van der Waals surface area (Å²) >= 11 is 11.9. The van der Waals surface area contributed by atoms with Crippen molar-refractivity contribution in [2.75, 3.05) is 18.6 Å². The highest BCUT2D eigenvalue weighted by Crippen LogP contribution is 2.25. The van der Waals surface area contributed by atoms with E-state index < -0.39 is 24.8 Å². The molecular weight excluding hydrogens is 917 g/mol. The van der Waals surface area contributed by atoms with Gasteiger partial charge in [0.25, 0.3) is 5.91 Å². The predicted molar refractivity (Wildman–Crippen MR) is 264 cm³/mol. The number of fused-ring (bicyclic) bond motifs is 2. The first-order chi connectivity index (χ1) is 32.4. The van der Waals surface area contributed by atoms with E-state index in [0.29, 0.717) is 86.5 Å². The first-order valence-electron chi connectivity index (χ1n) is 21.0. The first kappa shape index (κ1) is 51.7. The van der Waals surface area contributed by atoms with E-state index in [1.165, 1.54) is 42.9 Å². The molecule has 0 fully saturated rings. The summed E-state index contributed by atoms with van der Waals surface area (Å²) in [6, 6.07) is 19.6. The Bertz CT molecular complexity index is 3070. The number of carboxylic acids is 1. The summed E-state index contributed by atoms with van der Waals surface area (Å²) in [6.45, 7) is 8.58. The van der Waals surface area contributed by atoms with Crippen molar-refractivity contribution in [1.82, 2.24) is 35.2 Å². The smallest absolute Gasteiger partial charge is 0.335 e. The Kier molecular flexibility index (Phi) is 18.6. The molecule has 8 aromatic rings. The lowest BCUT2D eigenvalue weighted by Gasteiger charge is -2.12. The normalized spacial score (nSPS) is 10.6. The summed E-state index contributed by atoms with van der Waals surface area (Å²) in [5.41, 5.74) is 26.4. The molecule has 0 unspecified atom stereocenters. The summed E-state index contributed by atoms with van der Waals surface area (Å²) in [4.78, 5) is 48.5. The molecule has 18 heteroatoms. The number of aryl methyl sites for hydroxylation is 4. The number of carboxylic acid groups (broad SMARTS) is 1. The molecule has 68 heavy (non-hydrogen) atoms. The van der Waals surface area contributed by atoms with Gasteiger partial charge in [-0.15, -0.1) is 0 Å². The highest BCUT2D eigenvalue weighted by molar-refractivity contribution is 6.31. The van der Waals surface area contributed by atoms with Crippen molar-refractivity contribution >= 4 is 68.5 Å². The van der Waals surface area contributed by atoms with Gasteiger partial charge in [-0.1, -0.05) is 30.6 Å². The fourth-order valence-corrected chi connectivity index (χ4v) is 7.48. The zero-order chi connectivity index (χ0) is 49.7. The van der Waals surface area contributed by atoms with Gasteiger partial charge in [0.05, 0.1) is 24.1 Å². The molecular formula is C50H51Cl2F3N10O3. The van der Waals surface area contributed by atoms with Crippen LogP contribution in [0.4, 0.5) is 24.8 Å². The van der Waals surface area contributed by atoms with Crippen LogP contribution in [0.25, 0.3) is 21.8 Å². The number of rotatable bonds is 9. The number of carbonyl (C=O) groups excluding carboxylic acids is 1. The third-order valence-corrected chi connectivity index (χ3v) is 10.6. The molecule has 0 bridgehead atoms. The fourth-order valence-electron chi connectivity index (χ4n) is 7.14. The van der Waals surface area contributed by atoms with Gasteiger partial charge in [0, 0.05) is 89.8 Å². The molecule has 13 nitrogen and oxygen atoms in total. The largest absolute Gasteiger partial charge is 0.478 e. The number of pyridine rings is 6. The summed E-state index contributed by atoms with van der Waals surface area (Å²) in [6.07, 6.45) is 6.49. The highest BCUT2D eigenvalue weighted by atomic mass is 35.5. The van der Waals surface area contributed by atoms with Gasteiger partial charge in [-0.3, -0.25) is 29.1 Å². The Balaban J connectivity index is 0.000000241. The van der Waals surface area contributed by atoms with Crippen LogP contribution in [0, 0.1) is 39.3 Å². The number of nitrogens with zero attached hydrogens (tertiary/aromatic N) is 6. The molecule has 0 aliphatic carbocycles. The first-order valence-corrected chi connectivity index (χ1v) is 21.0. The van der Waals surface area contributed by atoms with E-state index in [2.05, 4.69) is 35.2 Å². The third-order valence-electron chi connectivity index (χ3n) is 10.2. The van der Waals surface area contributed by atoms with Crippen LogP contribution in [0.15, 0.2) is 97.6 Å². The predicted octanol–water partition coefficient (Wildman–Crippen LogP) is 10.2. The maximum absolute atomic E-state index is 14.4. The van der Waals surface area contributed by atoms with Gasteiger partial charge in [-0.2, -0.15) is 0 Å². The van der Waals surface area contributed by atoms with Crippen LogP contribution in [-0.4, -0.2) is 54.0 Å². The number of amides is 1. The quantitative estimate of drug-likeness (QED) is 0.0912. The van der Waals surface area contributed by atoms with Crippen molar-refractivity contribution in [2.24, 2.45) is 5.73 Å². The molecule has 1 amide bonds. The molecule has 6 aromatic heterocycles. The molecule has 6 heterocycles. The molecule has 0 aliphatic rings. The molecule has 0 atom stereocenters. The number of halogens is 5. The fraction of sp³-hybridized carbons (Fsp3) is 0.200. The lowest BCUT2D eigenvalue weighted by atomic mass is 10.0. The molecule has 0 spiro atoms. The number of benzene rings is 2. The van der Waals surface area contributed by atoms with Crippen LogP contribution in [-0.2, 0) is 25.9 Å². The summed E-state index contributed by atoms with van der Waals surface area (Å²) in [7, 11) is -1.00. The molecule has 0 radical (unpaired) electrons. The second-order valence-electron chi connectivity index (χ2n) is 15.1. The van der Waals surface area contributed by atoms with Gasteiger partial charge in [0.15, 0.2) is 0 Å². The number of nitrogens with one attached hydrogen (secondary N) is 1. The van der Waals surface area contributed by atoms with Gasteiger partial charge in [-0.05, 0) is 134 Å².